The van der Waals surface area contributed by atoms with E-state index in [4.69, 9.17) is 0 Å². The highest BCUT2D eigenvalue weighted by Crippen LogP contribution is 2.10. The lowest BCUT2D eigenvalue weighted by atomic mass is 10.0. The molecular formula is C9H16O. The summed E-state index contributed by atoms with van der Waals surface area (Å²) < 4.78 is 0. The lowest BCUT2D eigenvalue weighted by Gasteiger charge is -2.14. The lowest BCUT2D eigenvalue weighted by molar-refractivity contribution is 0.115. The van der Waals surface area contributed by atoms with Gasteiger partial charge in [-0.1, -0.05) is 25.2 Å². The maximum Gasteiger partial charge on any atom is 0.0831 e. The number of aliphatic hydroxyl groups is 1. The minimum absolute atomic E-state index is 0.657. The fourth-order valence-electron chi connectivity index (χ4n) is 0.572. The van der Waals surface area contributed by atoms with Crippen molar-refractivity contribution in [1.82, 2.24) is 0 Å². The molecule has 1 unspecified atom stereocenters. The van der Waals surface area contributed by atoms with E-state index in [9.17, 15) is 5.11 Å². The van der Waals surface area contributed by atoms with Gasteiger partial charge >= 0.3 is 0 Å². The van der Waals surface area contributed by atoms with Crippen LogP contribution in [0, 0.1) is 0 Å². The molecule has 58 valence electrons. The molecule has 0 aromatic carbocycles. The molecule has 0 aliphatic heterocycles. The Labute approximate surface area is 63.1 Å². The van der Waals surface area contributed by atoms with E-state index in [0.717, 1.165) is 6.42 Å². The van der Waals surface area contributed by atoms with Crippen LogP contribution in [0.5, 0.6) is 0 Å². The average Bonchev–Trinajstić information content (AvgIpc) is 1.89. The molecule has 1 atom stereocenters. The highest BCUT2D eigenvalue weighted by molar-refractivity contribution is 4.98. The Morgan fingerprint density at radius 3 is 2.50 bits per heavy atom. The molecule has 0 aliphatic rings. The van der Waals surface area contributed by atoms with E-state index in [1.807, 2.05) is 12.2 Å². The normalized spacial score (nSPS) is 17.1. The fourth-order valence-corrected chi connectivity index (χ4v) is 0.572. The lowest BCUT2D eigenvalue weighted by Crippen LogP contribution is -2.18. The largest absolute Gasteiger partial charge is 0.386 e. The molecule has 0 aromatic rings. The quantitative estimate of drug-likeness (QED) is 0.594. The van der Waals surface area contributed by atoms with Gasteiger partial charge in [0.2, 0.25) is 0 Å². The van der Waals surface area contributed by atoms with E-state index in [-0.39, 0.29) is 0 Å². The molecule has 1 N–H and O–H groups in total. The minimum Gasteiger partial charge on any atom is -0.386 e. The van der Waals surface area contributed by atoms with E-state index in [1.54, 1.807) is 13.0 Å². The van der Waals surface area contributed by atoms with Gasteiger partial charge in [0.25, 0.3) is 0 Å². The Bertz CT molecular complexity index is 123. The third-order valence-electron chi connectivity index (χ3n) is 1.37. The molecule has 10 heavy (non-hydrogen) atoms. The summed E-state index contributed by atoms with van der Waals surface area (Å²) in [6, 6.07) is 0. The van der Waals surface area contributed by atoms with Gasteiger partial charge in [-0.05, 0) is 19.8 Å². The molecule has 1 heteroatoms. The maximum absolute atomic E-state index is 9.38. The zero-order valence-corrected chi connectivity index (χ0v) is 6.80. The van der Waals surface area contributed by atoms with E-state index < -0.39 is 5.60 Å². The molecule has 0 heterocycles. The highest BCUT2D eigenvalue weighted by atomic mass is 16.3. The predicted molar refractivity (Wildman–Crippen MR) is 44.9 cm³/mol. The van der Waals surface area contributed by atoms with Crippen LogP contribution in [0.4, 0.5) is 0 Å². The van der Waals surface area contributed by atoms with E-state index in [1.165, 1.54) is 0 Å². The van der Waals surface area contributed by atoms with Gasteiger partial charge in [0.05, 0.1) is 5.60 Å². The Balaban J connectivity index is 3.66. The van der Waals surface area contributed by atoms with Gasteiger partial charge in [-0.3, -0.25) is 0 Å². The Morgan fingerprint density at radius 2 is 2.10 bits per heavy atom. The van der Waals surface area contributed by atoms with Crippen LogP contribution < -0.4 is 0 Å². The standard InChI is InChI=1S/C9H16O/c1-4-6-7-8-9(3,10)5-2/h5-7,10H,2,4,8H2,1,3H3/b7-6-. The third kappa shape index (κ3) is 4.33. The van der Waals surface area contributed by atoms with Gasteiger partial charge in [-0.2, -0.15) is 0 Å². The first-order valence-corrected chi connectivity index (χ1v) is 3.63. The molecule has 0 saturated heterocycles. The second kappa shape index (κ2) is 4.29. The maximum atomic E-state index is 9.38. The van der Waals surface area contributed by atoms with Crippen molar-refractivity contribution in [2.24, 2.45) is 0 Å². The van der Waals surface area contributed by atoms with Crippen molar-refractivity contribution in [2.45, 2.75) is 32.3 Å². The van der Waals surface area contributed by atoms with Crippen LogP contribution in [0.1, 0.15) is 26.7 Å². The molecule has 0 fully saturated rings. The van der Waals surface area contributed by atoms with Crippen LogP contribution in [0.25, 0.3) is 0 Å². The summed E-state index contributed by atoms with van der Waals surface area (Å²) in [5, 5.41) is 9.38. The molecular weight excluding hydrogens is 124 g/mol. The summed E-state index contributed by atoms with van der Waals surface area (Å²) in [6.45, 7) is 7.35. The van der Waals surface area contributed by atoms with Crippen molar-refractivity contribution >= 4 is 0 Å². The summed E-state index contributed by atoms with van der Waals surface area (Å²) in [4.78, 5) is 0. The fraction of sp³-hybridized carbons (Fsp3) is 0.556. The Morgan fingerprint density at radius 1 is 1.50 bits per heavy atom. The summed E-state index contributed by atoms with van der Waals surface area (Å²) in [7, 11) is 0. The van der Waals surface area contributed by atoms with Crippen molar-refractivity contribution in [3.8, 4) is 0 Å². The number of hydrogen-bond donors (Lipinski definition) is 1. The van der Waals surface area contributed by atoms with Crippen molar-refractivity contribution in [1.29, 1.82) is 0 Å². The zero-order valence-electron chi connectivity index (χ0n) is 6.80. The molecule has 0 rings (SSSR count). The van der Waals surface area contributed by atoms with Crippen molar-refractivity contribution in [3.63, 3.8) is 0 Å². The smallest absolute Gasteiger partial charge is 0.0831 e. The third-order valence-corrected chi connectivity index (χ3v) is 1.37. The van der Waals surface area contributed by atoms with Crippen molar-refractivity contribution in [3.05, 3.63) is 24.8 Å². The SMILES string of the molecule is C=CC(C)(O)C/C=C\CC. The van der Waals surface area contributed by atoms with E-state index in [0.29, 0.717) is 6.42 Å². The van der Waals surface area contributed by atoms with Crippen LogP contribution in [0.15, 0.2) is 24.8 Å². The second-order valence-corrected chi connectivity index (χ2v) is 2.65. The molecule has 0 radical (unpaired) electrons. The van der Waals surface area contributed by atoms with Crippen LogP contribution in [-0.4, -0.2) is 10.7 Å². The minimum atomic E-state index is -0.730. The molecule has 0 amide bonds. The Kier molecular flexibility index (Phi) is 4.05. The van der Waals surface area contributed by atoms with Crippen LogP contribution in [-0.2, 0) is 0 Å². The summed E-state index contributed by atoms with van der Waals surface area (Å²) >= 11 is 0. The van der Waals surface area contributed by atoms with Crippen LogP contribution in [0.2, 0.25) is 0 Å². The van der Waals surface area contributed by atoms with Gasteiger partial charge in [0.15, 0.2) is 0 Å². The first-order valence-electron chi connectivity index (χ1n) is 3.63. The monoisotopic (exact) mass is 140 g/mol. The van der Waals surface area contributed by atoms with Gasteiger partial charge < -0.3 is 5.11 Å². The summed E-state index contributed by atoms with van der Waals surface area (Å²) in [5.74, 6) is 0. The van der Waals surface area contributed by atoms with Crippen LogP contribution in [0.3, 0.4) is 0 Å². The first kappa shape index (κ1) is 9.44. The molecule has 0 saturated carbocycles. The van der Waals surface area contributed by atoms with Crippen molar-refractivity contribution < 1.29 is 5.11 Å². The van der Waals surface area contributed by atoms with E-state index >= 15 is 0 Å². The van der Waals surface area contributed by atoms with Gasteiger partial charge in [-0.15, -0.1) is 6.58 Å². The second-order valence-electron chi connectivity index (χ2n) is 2.65. The Hall–Kier alpha value is -0.560. The van der Waals surface area contributed by atoms with Crippen LogP contribution >= 0.6 is 0 Å². The van der Waals surface area contributed by atoms with Gasteiger partial charge in [0, 0.05) is 0 Å². The van der Waals surface area contributed by atoms with E-state index in [2.05, 4.69) is 13.5 Å². The molecule has 0 aromatic heterocycles. The highest BCUT2D eigenvalue weighted by Gasteiger charge is 2.11. The summed E-state index contributed by atoms with van der Waals surface area (Å²) in [6.07, 6.45) is 7.25. The van der Waals surface area contributed by atoms with Crippen molar-refractivity contribution in [2.75, 3.05) is 0 Å². The summed E-state index contributed by atoms with van der Waals surface area (Å²) in [5.41, 5.74) is -0.730. The molecule has 0 aliphatic carbocycles. The number of hydrogen-bond acceptors (Lipinski definition) is 1. The zero-order chi connectivity index (χ0) is 8.04. The molecule has 0 bridgehead atoms. The number of allylic oxidation sites excluding steroid dienone is 1. The predicted octanol–water partition coefficient (Wildman–Crippen LogP) is 2.28. The molecule has 0 spiro atoms. The first-order chi connectivity index (χ1) is 4.62. The van der Waals surface area contributed by atoms with Gasteiger partial charge in [-0.25, -0.2) is 0 Å². The van der Waals surface area contributed by atoms with Gasteiger partial charge in [0.1, 0.15) is 0 Å². The number of rotatable bonds is 4. The topological polar surface area (TPSA) is 20.2 Å². The molecule has 1 nitrogen and oxygen atoms in total. The average molecular weight is 140 g/mol.